The van der Waals surface area contributed by atoms with Crippen LogP contribution in [0.1, 0.15) is 33.5 Å². The zero-order valence-electron chi connectivity index (χ0n) is 19.7. The Morgan fingerprint density at radius 3 is 2.50 bits per heavy atom. The van der Waals surface area contributed by atoms with E-state index in [-0.39, 0.29) is 17.9 Å². The number of ether oxygens (including phenoxy) is 3. The van der Waals surface area contributed by atoms with Crippen LogP contribution in [0.2, 0.25) is 0 Å². The molecule has 2 aromatic heterocycles. The zero-order valence-corrected chi connectivity index (χ0v) is 20.5. The van der Waals surface area contributed by atoms with Gasteiger partial charge >= 0.3 is 0 Å². The Balaban J connectivity index is 1.48. The number of rotatable bonds is 11. The van der Waals surface area contributed by atoms with Crippen molar-refractivity contribution < 1.29 is 23.8 Å². The van der Waals surface area contributed by atoms with Gasteiger partial charge in [0, 0.05) is 48.3 Å². The van der Waals surface area contributed by atoms with Gasteiger partial charge < -0.3 is 24.5 Å². The molecular weight excluding hydrogens is 482 g/mol. The minimum absolute atomic E-state index is 0.235. The quantitative estimate of drug-likeness (QED) is 0.277. The van der Waals surface area contributed by atoms with Crippen LogP contribution in [0, 0.1) is 0 Å². The molecule has 0 aliphatic rings. The van der Waals surface area contributed by atoms with Gasteiger partial charge in [-0.25, -0.2) is 9.97 Å². The van der Waals surface area contributed by atoms with Crippen LogP contribution in [0.25, 0.3) is 0 Å². The molecule has 4 rings (SSSR count). The van der Waals surface area contributed by atoms with Crippen molar-refractivity contribution in [2.75, 3.05) is 19.0 Å². The minimum atomic E-state index is -0.344. The minimum Gasteiger partial charge on any atom is -0.488 e. The summed E-state index contributed by atoms with van der Waals surface area (Å²) >= 11 is 1.32. The van der Waals surface area contributed by atoms with Crippen molar-refractivity contribution in [3.63, 3.8) is 0 Å². The Kier molecular flexibility index (Phi) is 8.27. The van der Waals surface area contributed by atoms with Gasteiger partial charge in [0.05, 0.1) is 13.2 Å². The highest BCUT2D eigenvalue weighted by molar-refractivity contribution is 7.13. The molecule has 2 amide bonds. The van der Waals surface area contributed by atoms with Crippen LogP contribution in [-0.2, 0) is 11.3 Å². The third-order valence-corrected chi connectivity index (χ3v) is 5.55. The van der Waals surface area contributed by atoms with Crippen molar-refractivity contribution in [1.82, 2.24) is 20.3 Å². The number of benzene rings is 2. The standard InChI is InChI=1S/C25H25N5O5S/c1-16(15-33-2)34-20-11-18(24(32)30-25-28-9-10-36-25)12-21(13-20)35-19-5-3-17(4-6-19)23(31)29-14-22-26-7-8-27-22/h3-13,16H,14-15H2,1-2H3,(H,26,27)(H,29,31)(H,28,30,32). The SMILES string of the molecule is COCC(C)Oc1cc(Oc2ccc(C(=O)NCc3ncc[nH]3)cc2)cc(C(=O)Nc2nccs2)c1. The average Bonchev–Trinajstić information content (AvgIpc) is 3.57. The first-order valence-electron chi connectivity index (χ1n) is 11.1. The molecule has 10 nitrogen and oxygen atoms in total. The molecular formula is C25H25N5O5S. The smallest absolute Gasteiger partial charge is 0.257 e. The molecule has 0 fully saturated rings. The van der Waals surface area contributed by atoms with E-state index in [1.807, 2.05) is 6.92 Å². The van der Waals surface area contributed by atoms with Crippen molar-refractivity contribution in [3.05, 3.63) is 83.4 Å². The number of aromatic amines is 1. The predicted octanol–water partition coefficient (Wildman–Crippen LogP) is 4.25. The van der Waals surface area contributed by atoms with E-state index in [0.717, 1.165) is 0 Å². The molecule has 0 radical (unpaired) electrons. The van der Waals surface area contributed by atoms with Gasteiger partial charge in [-0.05, 0) is 43.3 Å². The van der Waals surface area contributed by atoms with Crippen molar-refractivity contribution in [2.24, 2.45) is 0 Å². The number of aromatic nitrogens is 3. The van der Waals surface area contributed by atoms with Gasteiger partial charge in [-0.2, -0.15) is 0 Å². The van der Waals surface area contributed by atoms with Crippen LogP contribution in [0.5, 0.6) is 17.2 Å². The lowest BCUT2D eigenvalue weighted by atomic mass is 10.1. The molecule has 1 atom stereocenters. The molecule has 2 heterocycles. The van der Waals surface area contributed by atoms with Crippen LogP contribution in [0.4, 0.5) is 5.13 Å². The number of carbonyl (C=O) groups excluding carboxylic acids is 2. The predicted molar refractivity (Wildman–Crippen MR) is 135 cm³/mol. The van der Waals surface area contributed by atoms with Gasteiger partial charge in [0.15, 0.2) is 5.13 Å². The van der Waals surface area contributed by atoms with Crippen molar-refractivity contribution >= 4 is 28.3 Å². The fraction of sp³-hybridized carbons (Fsp3) is 0.200. The molecule has 0 saturated carbocycles. The third-order valence-electron chi connectivity index (χ3n) is 4.86. The molecule has 2 aromatic carbocycles. The summed E-state index contributed by atoms with van der Waals surface area (Å²) in [5.41, 5.74) is 0.819. The lowest BCUT2D eigenvalue weighted by Gasteiger charge is -2.16. The van der Waals surface area contributed by atoms with Crippen molar-refractivity contribution in [1.29, 1.82) is 0 Å². The Morgan fingerprint density at radius 1 is 1.00 bits per heavy atom. The van der Waals surface area contributed by atoms with E-state index in [4.69, 9.17) is 14.2 Å². The zero-order chi connectivity index (χ0) is 25.3. The van der Waals surface area contributed by atoms with E-state index in [2.05, 4.69) is 25.6 Å². The van der Waals surface area contributed by atoms with Crippen LogP contribution in [-0.4, -0.2) is 46.6 Å². The number of nitrogens with one attached hydrogen (secondary N) is 3. The second-order valence-electron chi connectivity index (χ2n) is 7.71. The average molecular weight is 508 g/mol. The van der Waals surface area contributed by atoms with Gasteiger partial charge in [0.25, 0.3) is 11.8 Å². The summed E-state index contributed by atoms with van der Waals surface area (Å²) in [6.45, 7) is 2.54. The summed E-state index contributed by atoms with van der Waals surface area (Å²) < 4.78 is 17.0. The summed E-state index contributed by atoms with van der Waals surface area (Å²) in [6, 6.07) is 11.6. The normalized spacial score (nSPS) is 11.5. The van der Waals surface area contributed by atoms with Crippen LogP contribution >= 0.6 is 11.3 Å². The maximum Gasteiger partial charge on any atom is 0.257 e. The van der Waals surface area contributed by atoms with Crippen molar-refractivity contribution in [2.45, 2.75) is 19.6 Å². The first-order chi connectivity index (χ1) is 17.5. The number of H-pyrrole nitrogens is 1. The molecule has 0 bridgehead atoms. The summed E-state index contributed by atoms with van der Waals surface area (Å²) in [5.74, 6) is 1.43. The molecule has 1 unspecified atom stereocenters. The lowest BCUT2D eigenvalue weighted by molar-refractivity contribution is 0.0916. The second kappa shape index (κ2) is 12.0. The van der Waals surface area contributed by atoms with Crippen molar-refractivity contribution in [3.8, 4) is 17.2 Å². The Labute approximate surface area is 211 Å². The highest BCUT2D eigenvalue weighted by atomic mass is 32.1. The fourth-order valence-corrected chi connectivity index (χ4v) is 3.78. The van der Waals surface area contributed by atoms with E-state index >= 15 is 0 Å². The highest BCUT2D eigenvalue weighted by Gasteiger charge is 2.14. The second-order valence-corrected chi connectivity index (χ2v) is 8.61. The number of anilines is 1. The summed E-state index contributed by atoms with van der Waals surface area (Å²) in [4.78, 5) is 36.3. The van der Waals surface area contributed by atoms with Gasteiger partial charge in [0.1, 0.15) is 29.2 Å². The van der Waals surface area contributed by atoms with Gasteiger partial charge in [-0.15, -0.1) is 11.3 Å². The topological polar surface area (TPSA) is 127 Å². The number of nitrogens with zero attached hydrogens (tertiary/aromatic N) is 2. The molecule has 3 N–H and O–H groups in total. The summed E-state index contributed by atoms with van der Waals surface area (Å²) in [5, 5.41) is 7.82. The molecule has 0 aliphatic heterocycles. The number of carbonyl (C=O) groups is 2. The maximum atomic E-state index is 12.8. The fourth-order valence-electron chi connectivity index (χ4n) is 3.26. The molecule has 4 aromatic rings. The molecule has 11 heteroatoms. The summed E-state index contributed by atoms with van der Waals surface area (Å²) in [7, 11) is 1.59. The Morgan fingerprint density at radius 2 is 1.81 bits per heavy atom. The van der Waals surface area contributed by atoms with Crippen LogP contribution in [0.3, 0.4) is 0 Å². The van der Waals surface area contributed by atoms with Crippen LogP contribution < -0.4 is 20.1 Å². The maximum absolute atomic E-state index is 12.8. The van der Waals surface area contributed by atoms with E-state index in [1.54, 1.807) is 73.5 Å². The van der Waals surface area contributed by atoms with E-state index in [9.17, 15) is 9.59 Å². The van der Waals surface area contributed by atoms with E-state index in [0.29, 0.717) is 52.5 Å². The monoisotopic (exact) mass is 507 g/mol. The first kappa shape index (κ1) is 24.9. The molecule has 36 heavy (non-hydrogen) atoms. The highest BCUT2D eigenvalue weighted by Crippen LogP contribution is 2.29. The number of imidazole rings is 1. The van der Waals surface area contributed by atoms with Crippen LogP contribution in [0.15, 0.2) is 66.4 Å². The van der Waals surface area contributed by atoms with Gasteiger partial charge in [0.2, 0.25) is 0 Å². The van der Waals surface area contributed by atoms with E-state index in [1.165, 1.54) is 11.3 Å². The van der Waals surface area contributed by atoms with Gasteiger partial charge in [-0.1, -0.05) is 0 Å². The van der Waals surface area contributed by atoms with E-state index < -0.39 is 0 Å². The number of hydrogen-bond acceptors (Lipinski definition) is 8. The number of amides is 2. The molecule has 0 spiro atoms. The largest absolute Gasteiger partial charge is 0.488 e. The Bertz CT molecular complexity index is 1280. The molecule has 0 aliphatic carbocycles. The third kappa shape index (κ3) is 6.90. The number of hydrogen-bond donors (Lipinski definition) is 3. The first-order valence-corrected chi connectivity index (χ1v) is 11.9. The Hall–Kier alpha value is -4.22. The lowest BCUT2D eigenvalue weighted by Crippen LogP contribution is -2.23. The van der Waals surface area contributed by atoms with Gasteiger partial charge in [-0.3, -0.25) is 14.9 Å². The number of thiazole rings is 1. The number of methoxy groups -OCH3 is 1. The molecule has 186 valence electrons. The summed E-state index contributed by atoms with van der Waals surface area (Å²) in [6.07, 6.45) is 4.70. The molecule has 0 saturated heterocycles.